The molecule has 1 fully saturated rings. The lowest BCUT2D eigenvalue weighted by atomic mass is 10.1. The number of hydrogen-bond donors (Lipinski definition) is 1. The second-order valence-corrected chi connectivity index (χ2v) is 6.13. The van der Waals surface area contributed by atoms with Gasteiger partial charge in [-0.1, -0.05) is 12.1 Å². The summed E-state index contributed by atoms with van der Waals surface area (Å²) >= 11 is 1.59. The van der Waals surface area contributed by atoms with Crippen LogP contribution in [-0.2, 0) is 4.74 Å². The van der Waals surface area contributed by atoms with E-state index >= 15 is 0 Å². The zero-order chi connectivity index (χ0) is 16.2. The highest BCUT2D eigenvalue weighted by Gasteiger charge is 2.27. The Labute approximate surface area is 138 Å². The van der Waals surface area contributed by atoms with E-state index in [1.807, 2.05) is 5.38 Å². The molecule has 1 aliphatic heterocycles. The van der Waals surface area contributed by atoms with Crippen molar-refractivity contribution in [3.8, 4) is 0 Å². The Morgan fingerprint density at radius 3 is 2.83 bits per heavy atom. The first-order valence-corrected chi connectivity index (χ1v) is 8.19. The number of benzene rings is 1. The molecule has 2 heterocycles. The maximum absolute atomic E-state index is 12.5. The Hall–Kier alpha value is -2.41. The van der Waals surface area contributed by atoms with Gasteiger partial charge in [-0.05, 0) is 18.6 Å². The minimum atomic E-state index is -0.508. The zero-order valence-electron chi connectivity index (χ0n) is 12.7. The van der Waals surface area contributed by atoms with Crippen LogP contribution in [-0.4, -0.2) is 43.1 Å². The highest BCUT2D eigenvalue weighted by molar-refractivity contribution is 7.13. The third kappa shape index (κ3) is 3.34. The molecule has 1 N–H and O–H groups in total. The fourth-order valence-electron chi connectivity index (χ4n) is 2.66. The Morgan fingerprint density at radius 1 is 1.35 bits per heavy atom. The molecule has 0 spiro atoms. The molecule has 0 saturated carbocycles. The number of methoxy groups -OCH3 is 1. The van der Waals surface area contributed by atoms with Crippen LogP contribution in [0, 0.1) is 0 Å². The smallest absolute Gasteiger partial charge is 0.338 e. The van der Waals surface area contributed by atoms with Crippen LogP contribution >= 0.6 is 11.3 Å². The summed E-state index contributed by atoms with van der Waals surface area (Å²) in [5, 5.41) is 5.90. The van der Waals surface area contributed by atoms with Gasteiger partial charge in [0, 0.05) is 30.7 Å². The van der Waals surface area contributed by atoms with Crippen LogP contribution in [0.1, 0.15) is 27.1 Å². The van der Waals surface area contributed by atoms with Crippen molar-refractivity contribution in [1.29, 1.82) is 0 Å². The minimum Gasteiger partial charge on any atom is -0.465 e. The molecule has 23 heavy (non-hydrogen) atoms. The molecule has 1 unspecified atom stereocenters. The summed E-state index contributed by atoms with van der Waals surface area (Å²) in [5.74, 6) is -0.761. The van der Waals surface area contributed by atoms with Gasteiger partial charge >= 0.3 is 5.97 Å². The topological polar surface area (TPSA) is 71.5 Å². The van der Waals surface area contributed by atoms with Crippen molar-refractivity contribution in [3.05, 3.63) is 47.0 Å². The third-order valence-corrected chi connectivity index (χ3v) is 4.62. The molecule has 1 amide bonds. The summed E-state index contributed by atoms with van der Waals surface area (Å²) in [6.45, 7) is 1.58. The van der Waals surface area contributed by atoms with Gasteiger partial charge in [-0.15, -0.1) is 11.3 Å². The molecule has 7 heteroatoms. The van der Waals surface area contributed by atoms with Crippen molar-refractivity contribution in [3.63, 3.8) is 0 Å². The SMILES string of the molecule is COC(=O)c1ccccc1C(=O)NC1CCN(c2nccs2)C1. The highest BCUT2D eigenvalue weighted by atomic mass is 32.1. The standard InChI is InChI=1S/C16H17N3O3S/c1-22-15(21)13-5-3-2-4-12(13)14(20)18-11-6-8-19(10-11)16-17-7-9-23-16/h2-5,7,9,11H,6,8,10H2,1H3,(H,18,20). The number of hydrogen-bond acceptors (Lipinski definition) is 6. The van der Waals surface area contributed by atoms with Crippen molar-refractivity contribution in [2.45, 2.75) is 12.5 Å². The molecule has 1 aromatic heterocycles. The normalized spacial score (nSPS) is 17.1. The van der Waals surface area contributed by atoms with Crippen molar-refractivity contribution in [2.24, 2.45) is 0 Å². The Bertz CT molecular complexity index is 702. The van der Waals surface area contributed by atoms with Crippen LogP contribution in [0.3, 0.4) is 0 Å². The maximum Gasteiger partial charge on any atom is 0.338 e. The molecule has 1 atom stereocenters. The van der Waals surface area contributed by atoms with E-state index in [9.17, 15) is 9.59 Å². The Morgan fingerprint density at radius 2 is 2.13 bits per heavy atom. The lowest BCUT2D eigenvalue weighted by Crippen LogP contribution is -2.37. The predicted octanol–water partition coefficient (Wildman–Crippen LogP) is 1.94. The number of carbonyl (C=O) groups excluding carboxylic acids is 2. The van der Waals surface area contributed by atoms with Crippen molar-refractivity contribution in [1.82, 2.24) is 10.3 Å². The molecule has 1 aromatic carbocycles. The van der Waals surface area contributed by atoms with Gasteiger partial charge < -0.3 is 15.0 Å². The van der Waals surface area contributed by atoms with E-state index < -0.39 is 5.97 Å². The molecular weight excluding hydrogens is 314 g/mol. The number of amides is 1. The number of nitrogens with one attached hydrogen (secondary N) is 1. The quantitative estimate of drug-likeness (QED) is 0.867. The molecule has 1 aliphatic rings. The van der Waals surface area contributed by atoms with E-state index in [0.717, 1.165) is 24.6 Å². The molecule has 1 saturated heterocycles. The highest BCUT2D eigenvalue weighted by Crippen LogP contribution is 2.22. The fourth-order valence-corrected chi connectivity index (χ4v) is 3.34. The van der Waals surface area contributed by atoms with Gasteiger partial charge in [-0.3, -0.25) is 4.79 Å². The van der Waals surface area contributed by atoms with Gasteiger partial charge in [0.2, 0.25) is 0 Å². The predicted molar refractivity (Wildman–Crippen MR) is 88.0 cm³/mol. The summed E-state index contributed by atoms with van der Waals surface area (Å²) in [4.78, 5) is 30.7. The van der Waals surface area contributed by atoms with E-state index in [-0.39, 0.29) is 17.5 Å². The molecule has 120 valence electrons. The first-order valence-electron chi connectivity index (χ1n) is 7.31. The van der Waals surface area contributed by atoms with Gasteiger partial charge in [0.25, 0.3) is 5.91 Å². The second kappa shape index (κ2) is 6.78. The fraction of sp³-hybridized carbons (Fsp3) is 0.312. The van der Waals surface area contributed by atoms with Crippen LogP contribution in [0.2, 0.25) is 0 Å². The van der Waals surface area contributed by atoms with E-state index in [1.54, 1.807) is 41.8 Å². The molecule has 0 aliphatic carbocycles. The lowest BCUT2D eigenvalue weighted by Gasteiger charge is -2.16. The van der Waals surface area contributed by atoms with Crippen LogP contribution in [0.5, 0.6) is 0 Å². The molecule has 6 nitrogen and oxygen atoms in total. The number of anilines is 1. The zero-order valence-corrected chi connectivity index (χ0v) is 13.5. The van der Waals surface area contributed by atoms with Crippen molar-refractivity contribution in [2.75, 3.05) is 25.1 Å². The third-order valence-electron chi connectivity index (χ3n) is 3.79. The number of aromatic nitrogens is 1. The van der Waals surface area contributed by atoms with E-state index in [2.05, 4.69) is 15.2 Å². The molecule has 0 radical (unpaired) electrons. The van der Waals surface area contributed by atoms with E-state index in [0.29, 0.717) is 5.56 Å². The van der Waals surface area contributed by atoms with Crippen LogP contribution in [0.25, 0.3) is 0 Å². The number of esters is 1. The van der Waals surface area contributed by atoms with Crippen LogP contribution < -0.4 is 10.2 Å². The Kier molecular flexibility index (Phi) is 4.57. The average molecular weight is 331 g/mol. The number of carbonyl (C=O) groups is 2. The second-order valence-electron chi connectivity index (χ2n) is 5.26. The van der Waals surface area contributed by atoms with Crippen molar-refractivity contribution >= 4 is 28.3 Å². The summed E-state index contributed by atoms with van der Waals surface area (Å²) in [7, 11) is 1.31. The number of rotatable bonds is 4. The van der Waals surface area contributed by atoms with Crippen LogP contribution in [0.15, 0.2) is 35.8 Å². The van der Waals surface area contributed by atoms with Gasteiger partial charge in [0.1, 0.15) is 0 Å². The van der Waals surface area contributed by atoms with Crippen LogP contribution in [0.4, 0.5) is 5.13 Å². The van der Waals surface area contributed by atoms with E-state index in [1.165, 1.54) is 7.11 Å². The lowest BCUT2D eigenvalue weighted by molar-refractivity contribution is 0.0596. The van der Waals surface area contributed by atoms with Gasteiger partial charge in [-0.2, -0.15) is 0 Å². The first-order chi connectivity index (χ1) is 11.2. The number of nitrogens with zero attached hydrogens (tertiary/aromatic N) is 2. The van der Waals surface area contributed by atoms with Gasteiger partial charge in [-0.25, -0.2) is 9.78 Å². The van der Waals surface area contributed by atoms with E-state index in [4.69, 9.17) is 4.74 Å². The monoisotopic (exact) mass is 331 g/mol. The minimum absolute atomic E-state index is 0.0390. The largest absolute Gasteiger partial charge is 0.465 e. The average Bonchev–Trinajstić information content (AvgIpc) is 3.25. The number of ether oxygens (including phenoxy) is 1. The summed E-state index contributed by atoms with van der Waals surface area (Å²) in [6.07, 6.45) is 2.63. The van der Waals surface area contributed by atoms with Crippen molar-refractivity contribution < 1.29 is 14.3 Å². The number of thiazole rings is 1. The summed E-state index contributed by atoms with van der Waals surface area (Å²) in [6, 6.07) is 6.71. The Balaban J connectivity index is 1.68. The maximum atomic E-state index is 12.5. The molecule has 0 bridgehead atoms. The molecule has 2 aromatic rings. The van der Waals surface area contributed by atoms with Gasteiger partial charge in [0.05, 0.1) is 18.2 Å². The first kappa shape index (κ1) is 15.5. The van der Waals surface area contributed by atoms with Gasteiger partial charge in [0.15, 0.2) is 5.13 Å². The molecular formula is C16H17N3O3S. The summed E-state index contributed by atoms with van der Waals surface area (Å²) < 4.78 is 4.73. The molecule has 3 rings (SSSR count). The summed E-state index contributed by atoms with van der Waals surface area (Å²) in [5.41, 5.74) is 0.620.